The van der Waals surface area contributed by atoms with Crippen LogP contribution >= 0.6 is 0 Å². The number of amides is 2. The molecule has 27 heavy (non-hydrogen) atoms. The van der Waals surface area contributed by atoms with Crippen LogP contribution < -0.4 is 9.62 Å². The first-order valence-corrected chi connectivity index (χ1v) is 9.61. The number of hydrogen-bond acceptors (Lipinski definition) is 5. The highest BCUT2D eigenvalue weighted by molar-refractivity contribution is 7.94. The summed E-state index contributed by atoms with van der Waals surface area (Å²) < 4.78 is 25.0. The minimum atomic E-state index is -3.71. The minimum Gasteiger partial charge on any atom is -0.478 e. The quantitative estimate of drug-likeness (QED) is 0.826. The smallest absolute Gasteiger partial charge is 0.335 e. The first-order chi connectivity index (χ1) is 12.7. The number of anilines is 2. The first kappa shape index (κ1) is 18.6. The molecule has 0 aliphatic carbocycles. The Balaban J connectivity index is 1.79. The van der Waals surface area contributed by atoms with Crippen molar-refractivity contribution in [3.8, 4) is 0 Å². The van der Waals surface area contributed by atoms with Crippen molar-refractivity contribution in [2.45, 2.75) is 6.92 Å². The Morgan fingerprint density at radius 3 is 2.33 bits per heavy atom. The molecular formula is C18H16N2O6S. The van der Waals surface area contributed by atoms with Crippen LogP contribution in [0.15, 0.2) is 48.5 Å². The zero-order valence-electron chi connectivity index (χ0n) is 14.2. The fraction of sp³-hybridized carbons (Fsp3) is 0.167. The number of nitrogens with zero attached hydrogens (tertiary/aromatic N) is 1. The molecule has 0 radical (unpaired) electrons. The van der Waals surface area contributed by atoms with Crippen LogP contribution in [0.5, 0.6) is 0 Å². The van der Waals surface area contributed by atoms with Crippen molar-refractivity contribution in [2.75, 3.05) is 15.4 Å². The Labute approximate surface area is 155 Å². The summed E-state index contributed by atoms with van der Waals surface area (Å²) in [5.74, 6) is -2.96. The first-order valence-electron chi connectivity index (χ1n) is 8.00. The van der Waals surface area contributed by atoms with Crippen molar-refractivity contribution in [3.63, 3.8) is 0 Å². The highest BCUT2D eigenvalue weighted by Crippen LogP contribution is 2.28. The number of sulfonamides is 1. The second kappa shape index (κ2) is 6.84. The maximum atomic E-state index is 12.3. The van der Waals surface area contributed by atoms with Gasteiger partial charge in [-0.1, -0.05) is 13.0 Å². The molecule has 9 heteroatoms. The summed E-state index contributed by atoms with van der Waals surface area (Å²) in [7, 11) is -3.71. The number of hydrogen-bond donors (Lipinski definition) is 2. The molecule has 2 aromatic carbocycles. The van der Waals surface area contributed by atoms with Crippen molar-refractivity contribution in [1.82, 2.24) is 0 Å². The van der Waals surface area contributed by atoms with Crippen molar-refractivity contribution < 1.29 is 27.9 Å². The van der Waals surface area contributed by atoms with Crippen LogP contribution in [0.3, 0.4) is 0 Å². The summed E-state index contributed by atoms with van der Waals surface area (Å²) in [4.78, 5) is 35.4. The molecule has 1 fully saturated rings. The molecule has 0 saturated carbocycles. The number of carboxylic acid groups (broad SMARTS) is 1. The second-order valence-electron chi connectivity index (χ2n) is 6.17. The van der Waals surface area contributed by atoms with Crippen molar-refractivity contribution in [3.05, 3.63) is 59.7 Å². The normalized spacial score (nSPS) is 18.3. The van der Waals surface area contributed by atoms with E-state index < -0.39 is 33.7 Å². The highest BCUT2D eigenvalue weighted by Gasteiger charge is 2.41. The lowest BCUT2D eigenvalue weighted by Crippen LogP contribution is -2.30. The predicted octanol–water partition coefficient (Wildman–Crippen LogP) is 1.95. The van der Waals surface area contributed by atoms with E-state index in [1.165, 1.54) is 42.5 Å². The number of carboxylic acids is 1. The summed E-state index contributed by atoms with van der Waals surface area (Å²) in [5, 5.41) is 11.6. The van der Waals surface area contributed by atoms with Gasteiger partial charge in [-0.3, -0.25) is 9.59 Å². The van der Waals surface area contributed by atoms with Crippen molar-refractivity contribution in [2.24, 2.45) is 5.92 Å². The maximum absolute atomic E-state index is 12.3. The molecule has 0 unspecified atom stereocenters. The number of carbonyl (C=O) groups excluding carboxylic acids is 2. The van der Waals surface area contributed by atoms with E-state index in [0.717, 1.165) is 4.31 Å². The fourth-order valence-electron chi connectivity index (χ4n) is 2.77. The SMILES string of the molecule is C[C@H]1CS(=O)(=O)N(c2ccc(C(=O)Nc3cccc(C(=O)O)c3)cc2)C1=O. The van der Waals surface area contributed by atoms with Gasteiger partial charge in [0.25, 0.3) is 5.91 Å². The van der Waals surface area contributed by atoms with Crippen LogP contribution in [0, 0.1) is 5.92 Å². The molecular weight excluding hydrogens is 372 g/mol. The average molecular weight is 388 g/mol. The van der Waals surface area contributed by atoms with Gasteiger partial charge in [-0.25, -0.2) is 17.5 Å². The Hall–Kier alpha value is -3.20. The summed E-state index contributed by atoms with van der Waals surface area (Å²) in [6.07, 6.45) is 0. The van der Waals surface area contributed by atoms with Crippen LogP contribution in [-0.2, 0) is 14.8 Å². The van der Waals surface area contributed by atoms with E-state index >= 15 is 0 Å². The van der Waals surface area contributed by atoms with Crippen molar-refractivity contribution in [1.29, 1.82) is 0 Å². The zero-order chi connectivity index (χ0) is 19.8. The lowest BCUT2D eigenvalue weighted by Gasteiger charge is -2.15. The third kappa shape index (κ3) is 3.68. The van der Waals surface area contributed by atoms with Gasteiger partial charge < -0.3 is 10.4 Å². The lowest BCUT2D eigenvalue weighted by molar-refractivity contribution is -0.119. The molecule has 8 nitrogen and oxygen atoms in total. The van der Waals surface area contributed by atoms with Crippen molar-refractivity contribution >= 4 is 39.2 Å². The van der Waals surface area contributed by atoms with Gasteiger partial charge >= 0.3 is 5.97 Å². The molecule has 1 aliphatic rings. The van der Waals surface area contributed by atoms with E-state index in [-0.39, 0.29) is 22.6 Å². The van der Waals surface area contributed by atoms with Gasteiger partial charge in [0, 0.05) is 11.3 Å². The predicted molar refractivity (Wildman–Crippen MR) is 98.2 cm³/mol. The maximum Gasteiger partial charge on any atom is 0.335 e. The van der Waals surface area contributed by atoms with Gasteiger partial charge in [-0.2, -0.15) is 0 Å². The second-order valence-corrected chi connectivity index (χ2v) is 8.03. The van der Waals surface area contributed by atoms with Gasteiger partial charge in [0.05, 0.1) is 22.9 Å². The van der Waals surface area contributed by atoms with Gasteiger partial charge in [0.15, 0.2) is 0 Å². The Morgan fingerprint density at radius 1 is 1.11 bits per heavy atom. The number of benzene rings is 2. The molecule has 1 saturated heterocycles. The van der Waals surface area contributed by atoms with Crippen LogP contribution in [0.25, 0.3) is 0 Å². The molecule has 2 aromatic rings. The van der Waals surface area contributed by atoms with E-state index in [2.05, 4.69) is 5.32 Å². The van der Waals surface area contributed by atoms with E-state index in [9.17, 15) is 22.8 Å². The largest absolute Gasteiger partial charge is 0.478 e. The monoisotopic (exact) mass is 388 g/mol. The number of rotatable bonds is 4. The standard InChI is InChI=1S/C18H16N2O6S/c1-11-10-27(25,26)20(17(11)22)15-7-5-12(6-8-15)16(21)19-14-4-2-3-13(9-14)18(23)24/h2-9,11H,10H2,1H3,(H,19,21)(H,23,24)/t11-/m0/s1. The van der Waals surface area contributed by atoms with Crippen LogP contribution in [-0.4, -0.2) is 37.1 Å². The third-order valence-corrected chi connectivity index (χ3v) is 5.96. The Bertz CT molecular complexity index is 1030. The van der Waals surface area contributed by atoms with Crippen LogP contribution in [0.2, 0.25) is 0 Å². The van der Waals surface area contributed by atoms with E-state index in [1.807, 2.05) is 0 Å². The van der Waals surface area contributed by atoms with Gasteiger partial charge in [0.1, 0.15) is 0 Å². The topological polar surface area (TPSA) is 121 Å². The molecule has 2 N–H and O–H groups in total. The third-order valence-electron chi connectivity index (χ3n) is 4.09. The van der Waals surface area contributed by atoms with Crippen LogP contribution in [0.1, 0.15) is 27.6 Å². The van der Waals surface area contributed by atoms with Gasteiger partial charge in [0.2, 0.25) is 15.9 Å². The molecule has 0 bridgehead atoms. The molecule has 3 rings (SSSR count). The highest BCUT2D eigenvalue weighted by atomic mass is 32.2. The molecule has 0 aromatic heterocycles. The van der Waals surface area contributed by atoms with E-state index in [4.69, 9.17) is 5.11 Å². The minimum absolute atomic E-state index is 0.0371. The van der Waals surface area contributed by atoms with Gasteiger partial charge in [-0.15, -0.1) is 0 Å². The lowest BCUT2D eigenvalue weighted by atomic mass is 10.1. The average Bonchev–Trinajstić information content (AvgIpc) is 2.82. The summed E-state index contributed by atoms with van der Waals surface area (Å²) in [6, 6.07) is 11.4. The van der Waals surface area contributed by atoms with Crippen LogP contribution in [0.4, 0.5) is 11.4 Å². The van der Waals surface area contributed by atoms with E-state index in [0.29, 0.717) is 5.69 Å². The van der Waals surface area contributed by atoms with Gasteiger partial charge in [-0.05, 0) is 42.5 Å². The Kier molecular flexibility index (Phi) is 4.71. The molecule has 140 valence electrons. The summed E-state index contributed by atoms with van der Waals surface area (Å²) in [5.41, 5.74) is 0.760. The summed E-state index contributed by atoms with van der Waals surface area (Å²) >= 11 is 0. The number of aromatic carboxylic acids is 1. The summed E-state index contributed by atoms with van der Waals surface area (Å²) in [6.45, 7) is 1.55. The molecule has 1 aliphatic heterocycles. The molecule has 1 atom stereocenters. The number of nitrogens with one attached hydrogen (secondary N) is 1. The number of carbonyl (C=O) groups is 3. The zero-order valence-corrected chi connectivity index (χ0v) is 15.1. The van der Waals surface area contributed by atoms with E-state index in [1.54, 1.807) is 13.0 Å². The molecule has 1 heterocycles. The molecule has 0 spiro atoms. The Morgan fingerprint density at radius 2 is 1.78 bits per heavy atom. The molecule has 2 amide bonds. The fourth-order valence-corrected chi connectivity index (χ4v) is 4.59.